The quantitative estimate of drug-likeness (QED) is 0.671. The van der Waals surface area contributed by atoms with Gasteiger partial charge in [-0.15, -0.1) is 0 Å². The zero-order valence-corrected chi connectivity index (χ0v) is 17.0. The fraction of sp³-hybridized carbons (Fsp3) is 0.300. The first-order valence-corrected chi connectivity index (χ1v) is 10.6. The average molecular weight is 435 g/mol. The maximum atomic E-state index is 14.2. The first-order chi connectivity index (χ1) is 14.3. The van der Waals surface area contributed by atoms with Gasteiger partial charge in [0.25, 0.3) is 0 Å². The monoisotopic (exact) mass is 435 g/mol. The summed E-state index contributed by atoms with van der Waals surface area (Å²) in [6.07, 6.45) is 0. The lowest BCUT2D eigenvalue weighted by Crippen LogP contribution is -2.49. The SMILES string of the molecule is CCOC(=O)c1ccc(S(=O)(=O)N2CCN(c3c(F)cc(C#N)cc3F)CC2)cc1. The molecule has 2 aromatic carbocycles. The van der Waals surface area contributed by atoms with Gasteiger partial charge in [0.05, 0.1) is 28.7 Å². The van der Waals surface area contributed by atoms with E-state index in [2.05, 4.69) is 0 Å². The van der Waals surface area contributed by atoms with Gasteiger partial charge in [-0.3, -0.25) is 0 Å². The van der Waals surface area contributed by atoms with Crippen LogP contribution in [0.15, 0.2) is 41.3 Å². The summed E-state index contributed by atoms with van der Waals surface area (Å²) in [4.78, 5) is 13.1. The van der Waals surface area contributed by atoms with Gasteiger partial charge in [0.15, 0.2) is 11.6 Å². The summed E-state index contributed by atoms with van der Waals surface area (Å²) in [5.41, 5.74) is -0.154. The number of anilines is 1. The average Bonchev–Trinajstić information content (AvgIpc) is 2.74. The second-order valence-corrected chi connectivity index (χ2v) is 8.47. The molecule has 0 atom stereocenters. The van der Waals surface area contributed by atoms with E-state index in [1.807, 2.05) is 0 Å². The number of hydrogen-bond donors (Lipinski definition) is 0. The highest BCUT2D eigenvalue weighted by Gasteiger charge is 2.30. The summed E-state index contributed by atoms with van der Waals surface area (Å²) >= 11 is 0. The Balaban J connectivity index is 1.73. The molecule has 3 rings (SSSR count). The molecule has 1 saturated heterocycles. The van der Waals surface area contributed by atoms with Gasteiger partial charge < -0.3 is 9.64 Å². The highest BCUT2D eigenvalue weighted by atomic mass is 32.2. The van der Waals surface area contributed by atoms with Crippen LogP contribution in [0.4, 0.5) is 14.5 Å². The van der Waals surface area contributed by atoms with Crippen molar-refractivity contribution in [1.29, 1.82) is 5.26 Å². The predicted molar refractivity (Wildman–Crippen MR) is 104 cm³/mol. The molecule has 7 nitrogen and oxygen atoms in total. The standard InChI is InChI=1S/C20H19F2N3O4S/c1-2-29-20(26)15-3-5-16(6-4-15)30(27,28)25-9-7-24(8-10-25)19-17(21)11-14(13-23)12-18(19)22/h3-6,11-12H,2,7-10H2,1H3. The summed E-state index contributed by atoms with van der Waals surface area (Å²) in [5, 5.41) is 8.80. The summed E-state index contributed by atoms with van der Waals surface area (Å²) in [6.45, 7) is 2.11. The molecule has 30 heavy (non-hydrogen) atoms. The number of rotatable bonds is 5. The Bertz CT molecular complexity index is 1070. The third kappa shape index (κ3) is 4.27. The second kappa shape index (κ2) is 8.77. The largest absolute Gasteiger partial charge is 0.462 e. The number of carbonyl (C=O) groups is 1. The molecule has 0 aromatic heterocycles. The van der Waals surface area contributed by atoms with Crippen LogP contribution in [0.1, 0.15) is 22.8 Å². The van der Waals surface area contributed by atoms with E-state index in [0.717, 1.165) is 12.1 Å². The van der Waals surface area contributed by atoms with Crippen LogP contribution in [0.3, 0.4) is 0 Å². The van der Waals surface area contributed by atoms with Crippen molar-refractivity contribution in [1.82, 2.24) is 4.31 Å². The molecule has 1 aliphatic rings. The van der Waals surface area contributed by atoms with Crippen molar-refractivity contribution in [2.45, 2.75) is 11.8 Å². The van der Waals surface area contributed by atoms with Crippen molar-refractivity contribution in [3.63, 3.8) is 0 Å². The fourth-order valence-corrected chi connectivity index (χ4v) is 4.63. The van der Waals surface area contributed by atoms with Gasteiger partial charge in [0.2, 0.25) is 10.0 Å². The predicted octanol–water partition coefficient (Wildman–Crippen LogP) is 2.52. The summed E-state index contributed by atoms with van der Waals surface area (Å²) < 4.78 is 60.3. The molecular weight excluding hydrogens is 416 g/mol. The van der Waals surface area contributed by atoms with Crippen LogP contribution in [-0.4, -0.2) is 51.5 Å². The van der Waals surface area contributed by atoms with Gasteiger partial charge in [-0.05, 0) is 43.3 Å². The van der Waals surface area contributed by atoms with Crippen LogP contribution in [0.25, 0.3) is 0 Å². The van der Waals surface area contributed by atoms with Gasteiger partial charge in [-0.1, -0.05) is 0 Å². The number of ether oxygens (including phenoxy) is 1. The lowest BCUT2D eigenvalue weighted by atomic mass is 10.1. The molecular formula is C20H19F2N3O4S. The van der Waals surface area contributed by atoms with E-state index in [1.165, 1.54) is 33.5 Å². The van der Waals surface area contributed by atoms with Crippen LogP contribution in [0.2, 0.25) is 0 Å². The minimum absolute atomic E-state index is 0.0136. The van der Waals surface area contributed by atoms with Crippen molar-refractivity contribution >= 4 is 21.7 Å². The minimum Gasteiger partial charge on any atom is -0.462 e. The van der Waals surface area contributed by atoms with Crippen LogP contribution >= 0.6 is 0 Å². The summed E-state index contributed by atoms with van der Waals surface area (Å²) in [6, 6.07) is 9.00. The number of esters is 1. The molecule has 1 aliphatic heterocycles. The van der Waals surface area contributed by atoms with Crippen molar-refractivity contribution < 1.29 is 26.7 Å². The van der Waals surface area contributed by atoms with E-state index in [1.54, 1.807) is 13.0 Å². The van der Waals surface area contributed by atoms with Gasteiger partial charge in [0.1, 0.15) is 5.69 Å². The topological polar surface area (TPSA) is 90.7 Å². The molecule has 0 saturated carbocycles. The normalized spacial score (nSPS) is 14.9. The molecule has 1 heterocycles. The number of hydrogen-bond acceptors (Lipinski definition) is 6. The molecule has 0 N–H and O–H groups in total. The van der Waals surface area contributed by atoms with E-state index < -0.39 is 27.6 Å². The van der Waals surface area contributed by atoms with Crippen molar-refractivity contribution in [3.8, 4) is 6.07 Å². The van der Waals surface area contributed by atoms with Crippen molar-refractivity contribution in [3.05, 3.63) is 59.2 Å². The third-order valence-corrected chi connectivity index (χ3v) is 6.62. The number of halogens is 2. The van der Waals surface area contributed by atoms with Crippen LogP contribution in [0.5, 0.6) is 0 Å². The minimum atomic E-state index is -3.83. The Kier molecular flexibility index (Phi) is 6.34. The molecule has 2 aromatic rings. The molecule has 0 amide bonds. The first kappa shape index (κ1) is 21.7. The Morgan fingerprint density at radius 1 is 1.10 bits per heavy atom. The fourth-order valence-electron chi connectivity index (χ4n) is 3.21. The Labute approximate surface area is 173 Å². The Hall–Kier alpha value is -3.03. The number of piperazine rings is 1. The van der Waals surface area contributed by atoms with E-state index >= 15 is 0 Å². The molecule has 1 fully saturated rings. The van der Waals surface area contributed by atoms with Crippen LogP contribution in [0, 0.1) is 23.0 Å². The second-order valence-electron chi connectivity index (χ2n) is 6.54. The van der Waals surface area contributed by atoms with Gasteiger partial charge in [0, 0.05) is 26.2 Å². The lowest BCUT2D eigenvalue weighted by molar-refractivity contribution is 0.0526. The smallest absolute Gasteiger partial charge is 0.338 e. The Morgan fingerprint density at radius 3 is 2.17 bits per heavy atom. The van der Waals surface area contributed by atoms with Crippen LogP contribution in [-0.2, 0) is 14.8 Å². The maximum Gasteiger partial charge on any atom is 0.338 e. The maximum absolute atomic E-state index is 14.2. The van der Waals surface area contributed by atoms with Gasteiger partial charge in [-0.2, -0.15) is 9.57 Å². The molecule has 10 heteroatoms. The number of nitriles is 1. The molecule has 0 spiro atoms. The van der Waals surface area contributed by atoms with E-state index in [9.17, 15) is 22.0 Å². The highest BCUT2D eigenvalue weighted by Crippen LogP contribution is 2.27. The summed E-state index contributed by atoms with van der Waals surface area (Å²) in [5.74, 6) is -2.27. The highest BCUT2D eigenvalue weighted by molar-refractivity contribution is 7.89. The number of benzene rings is 2. The number of carbonyl (C=O) groups excluding carboxylic acids is 1. The summed E-state index contributed by atoms with van der Waals surface area (Å²) in [7, 11) is -3.83. The molecule has 0 aliphatic carbocycles. The zero-order chi connectivity index (χ0) is 21.9. The van der Waals surface area contributed by atoms with E-state index in [4.69, 9.17) is 10.00 Å². The molecule has 0 bridgehead atoms. The molecule has 0 radical (unpaired) electrons. The zero-order valence-electron chi connectivity index (χ0n) is 16.1. The van der Waals surface area contributed by atoms with E-state index in [0.29, 0.717) is 0 Å². The van der Waals surface area contributed by atoms with E-state index in [-0.39, 0.29) is 54.5 Å². The van der Waals surface area contributed by atoms with Gasteiger partial charge >= 0.3 is 5.97 Å². The first-order valence-electron chi connectivity index (χ1n) is 9.19. The van der Waals surface area contributed by atoms with Crippen LogP contribution < -0.4 is 4.90 Å². The Morgan fingerprint density at radius 2 is 1.67 bits per heavy atom. The van der Waals surface area contributed by atoms with Crippen molar-refractivity contribution in [2.75, 3.05) is 37.7 Å². The molecule has 0 unspecified atom stereocenters. The number of nitrogens with zero attached hydrogens (tertiary/aromatic N) is 3. The lowest BCUT2D eigenvalue weighted by Gasteiger charge is -2.35. The number of sulfonamides is 1. The third-order valence-electron chi connectivity index (χ3n) is 4.70. The molecule has 158 valence electrons. The van der Waals surface area contributed by atoms with Gasteiger partial charge in [-0.25, -0.2) is 22.0 Å². The van der Waals surface area contributed by atoms with Crippen molar-refractivity contribution in [2.24, 2.45) is 0 Å².